The first-order chi connectivity index (χ1) is 20.5. The van der Waals surface area contributed by atoms with Gasteiger partial charge in [-0.1, -0.05) is 142 Å². The number of hydrogen-bond donors (Lipinski definition) is 0. The van der Waals surface area contributed by atoms with E-state index in [0.717, 1.165) is 0 Å². The summed E-state index contributed by atoms with van der Waals surface area (Å²) in [5.41, 5.74) is 14.4. The minimum atomic E-state index is 0.150. The minimum Gasteiger partial charge on any atom is -0.0622 e. The molecule has 42 heavy (non-hydrogen) atoms. The molecule has 0 saturated heterocycles. The molecule has 0 aromatic heterocycles. The fraction of sp³-hybridized carbons (Fsp3) is 0.0952. The summed E-state index contributed by atoms with van der Waals surface area (Å²) < 4.78 is 0. The lowest BCUT2D eigenvalue weighted by molar-refractivity contribution is 0.590. The van der Waals surface area contributed by atoms with Crippen LogP contribution in [0.3, 0.4) is 0 Å². The van der Waals surface area contributed by atoms with Crippen LogP contribution in [0, 0.1) is 0 Å². The summed E-state index contributed by atoms with van der Waals surface area (Å²) in [6.45, 7) is 6.80. The summed E-state index contributed by atoms with van der Waals surface area (Å²) in [6, 6.07) is 51.8. The second-order valence-electron chi connectivity index (χ2n) is 12.6. The highest BCUT2D eigenvalue weighted by Gasteiger charge is 2.24. The average Bonchev–Trinajstić information content (AvgIpc) is 3.35. The van der Waals surface area contributed by atoms with E-state index in [0.29, 0.717) is 0 Å². The molecule has 200 valence electrons. The van der Waals surface area contributed by atoms with Crippen molar-refractivity contribution in [3.63, 3.8) is 0 Å². The Kier molecular flexibility index (Phi) is 5.49. The van der Waals surface area contributed by atoms with Gasteiger partial charge in [0.05, 0.1) is 0 Å². The first kappa shape index (κ1) is 24.8. The van der Waals surface area contributed by atoms with E-state index in [1.807, 2.05) is 0 Å². The molecule has 1 aliphatic carbocycles. The molecule has 0 amide bonds. The SMILES string of the molecule is CC(C)(C)c1ccc(-c2ccc3c(c2)-c2cccc4c(-c5cc6ccccc6cc5-c5ccccc5)ccc-3c24)cc1. The molecule has 0 N–H and O–H groups in total. The quantitative estimate of drug-likeness (QED) is 0.211. The summed E-state index contributed by atoms with van der Waals surface area (Å²) in [4.78, 5) is 0. The van der Waals surface area contributed by atoms with Gasteiger partial charge in [-0.05, 0) is 106 Å². The molecule has 0 bridgehead atoms. The van der Waals surface area contributed by atoms with Crippen molar-refractivity contribution >= 4 is 21.5 Å². The van der Waals surface area contributed by atoms with E-state index in [9.17, 15) is 0 Å². The molecule has 0 spiro atoms. The molecule has 0 fully saturated rings. The Bertz CT molecular complexity index is 2140. The zero-order valence-electron chi connectivity index (χ0n) is 24.3. The van der Waals surface area contributed by atoms with Crippen LogP contribution in [0.2, 0.25) is 0 Å². The number of benzene rings is 7. The van der Waals surface area contributed by atoms with Crippen LogP contribution in [0.25, 0.3) is 77.2 Å². The highest BCUT2D eigenvalue weighted by Crippen LogP contribution is 2.51. The van der Waals surface area contributed by atoms with Gasteiger partial charge in [0.15, 0.2) is 0 Å². The Morgan fingerprint density at radius 3 is 1.69 bits per heavy atom. The van der Waals surface area contributed by atoms with Gasteiger partial charge in [0.1, 0.15) is 0 Å². The van der Waals surface area contributed by atoms with Crippen molar-refractivity contribution in [3.8, 4) is 55.6 Å². The largest absolute Gasteiger partial charge is 0.0622 e. The topological polar surface area (TPSA) is 0 Å². The van der Waals surface area contributed by atoms with Crippen LogP contribution in [-0.2, 0) is 5.41 Å². The van der Waals surface area contributed by atoms with Gasteiger partial charge in [-0.15, -0.1) is 0 Å². The van der Waals surface area contributed by atoms with Crippen molar-refractivity contribution in [2.45, 2.75) is 26.2 Å². The Labute approximate surface area is 247 Å². The third-order valence-corrected chi connectivity index (χ3v) is 8.99. The molecule has 0 heteroatoms. The van der Waals surface area contributed by atoms with Crippen LogP contribution >= 0.6 is 0 Å². The fourth-order valence-electron chi connectivity index (χ4n) is 6.75. The van der Waals surface area contributed by atoms with E-state index in [-0.39, 0.29) is 5.41 Å². The Hall–Kier alpha value is -4.94. The van der Waals surface area contributed by atoms with Gasteiger partial charge in [-0.3, -0.25) is 0 Å². The fourth-order valence-corrected chi connectivity index (χ4v) is 6.75. The van der Waals surface area contributed by atoms with Crippen molar-refractivity contribution in [1.82, 2.24) is 0 Å². The monoisotopic (exact) mass is 536 g/mol. The van der Waals surface area contributed by atoms with Crippen LogP contribution in [0.15, 0.2) is 140 Å². The molecule has 1 aliphatic rings. The summed E-state index contributed by atoms with van der Waals surface area (Å²) in [7, 11) is 0. The normalized spacial score (nSPS) is 12.2. The summed E-state index contributed by atoms with van der Waals surface area (Å²) in [5.74, 6) is 0. The lowest BCUT2D eigenvalue weighted by Crippen LogP contribution is -2.10. The van der Waals surface area contributed by atoms with Crippen LogP contribution in [0.4, 0.5) is 0 Å². The summed E-state index contributed by atoms with van der Waals surface area (Å²) in [5, 5.41) is 5.20. The second kappa shape index (κ2) is 9.29. The van der Waals surface area contributed by atoms with Gasteiger partial charge >= 0.3 is 0 Å². The zero-order valence-corrected chi connectivity index (χ0v) is 24.3. The lowest BCUT2D eigenvalue weighted by atomic mass is 9.86. The molecular formula is C42H32. The van der Waals surface area contributed by atoms with Crippen LogP contribution in [0.1, 0.15) is 26.3 Å². The van der Waals surface area contributed by atoms with E-state index in [2.05, 4.69) is 160 Å². The number of fused-ring (bicyclic) bond motifs is 4. The van der Waals surface area contributed by atoms with E-state index >= 15 is 0 Å². The second-order valence-corrected chi connectivity index (χ2v) is 12.6. The van der Waals surface area contributed by atoms with Crippen molar-refractivity contribution < 1.29 is 0 Å². The molecule has 7 aromatic carbocycles. The zero-order chi connectivity index (χ0) is 28.4. The third kappa shape index (κ3) is 3.90. The molecule has 0 atom stereocenters. The van der Waals surface area contributed by atoms with Crippen LogP contribution < -0.4 is 0 Å². The minimum absolute atomic E-state index is 0.150. The molecule has 0 radical (unpaired) electrons. The molecule has 0 saturated carbocycles. The van der Waals surface area contributed by atoms with Crippen LogP contribution in [-0.4, -0.2) is 0 Å². The van der Waals surface area contributed by atoms with Gasteiger partial charge in [-0.2, -0.15) is 0 Å². The van der Waals surface area contributed by atoms with Gasteiger partial charge < -0.3 is 0 Å². The van der Waals surface area contributed by atoms with E-state index in [1.165, 1.54) is 82.7 Å². The molecule has 7 aromatic rings. The van der Waals surface area contributed by atoms with Gasteiger partial charge in [0, 0.05) is 0 Å². The van der Waals surface area contributed by atoms with Gasteiger partial charge in [0.25, 0.3) is 0 Å². The van der Waals surface area contributed by atoms with Crippen molar-refractivity contribution in [2.24, 2.45) is 0 Å². The lowest BCUT2D eigenvalue weighted by Gasteiger charge is -2.19. The van der Waals surface area contributed by atoms with Crippen molar-refractivity contribution in [3.05, 3.63) is 145 Å². The molecule has 0 unspecified atom stereocenters. The Balaban J connectivity index is 1.31. The van der Waals surface area contributed by atoms with E-state index in [1.54, 1.807) is 0 Å². The maximum absolute atomic E-state index is 2.39. The smallest absolute Gasteiger partial charge is 0.00201 e. The van der Waals surface area contributed by atoms with E-state index < -0.39 is 0 Å². The molecule has 8 rings (SSSR count). The highest BCUT2D eigenvalue weighted by atomic mass is 14.3. The molecule has 0 nitrogen and oxygen atoms in total. The number of hydrogen-bond acceptors (Lipinski definition) is 0. The Morgan fingerprint density at radius 2 is 0.952 bits per heavy atom. The first-order valence-corrected chi connectivity index (χ1v) is 14.9. The predicted octanol–water partition coefficient (Wildman–Crippen LogP) is 11.9. The van der Waals surface area contributed by atoms with E-state index in [4.69, 9.17) is 0 Å². The summed E-state index contributed by atoms with van der Waals surface area (Å²) in [6.07, 6.45) is 0. The van der Waals surface area contributed by atoms with Crippen molar-refractivity contribution in [1.29, 1.82) is 0 Å². The predicted molar refractivity (Wildman–Crippen MR) is 181 cm³/mol. The van der Waals surface area contributed by atoms with Crippen LogP contribution in [0.5, 0.6) is 0 Å². The van der Waals surface area contributed by atoms with Crippen molar-refractivity contribution in [2.75, 3.05) is 0 Å². The Morgan fingerprint density at radius 1 is 0.357 bits per heavy atom. The molecule has 0 aliphatic heterocycles. The average molecular weight is 537 g/mol. The maximum Gasteiger partial charge on any atom is -0.00201 e. The first-order valence-electron chi connectivity index (χ1n) is 14.9. The third-order valence-electron chi connectivity index (χ3n) is 8.99. The van der Waals surface area contributed by atoms with Gasteiger partial charge in [-0.25, -0.2) is 0 Å². The summed E-state index contributed by atoms with van der Waals surface area (Å²) >= 11 is 0. The molecular weight excluding hydrogens is 504 g/mol. The van der Waals surface area contributed by atoms with Gasteiger partial charge in [0.2, 0.25) is 0 Å². The standard InChI is InChI=1S/C42H32/c1-42(2,3)32-19-16-27(17-20-32)31-18-21-33-37-23-22-34(35-14-9-15-36(41(35)37)39(33)26-31)40-25-30-13-8-7-12-29(30)24-38(40)28-10-5-4-6-11-28/h4-26H,1-3H3. The molecule has 0 heterocycles. The maximum atomic E-state index is 2.39. The number of rotatable bonds is 3. The highest BCUT2D eigenvalue weighted by molar-refractivity contribution is 6.20.